The number of ether oxygens (including phenoxy) is 1. The molecule has 0 saturated heterocycles. The number of para-hydroxylation sites is 1. The van der Waals surface area contributed by atoms with Gasteiger partial charge in [0, 0.05) is 37.5 Å². The third-order valence-corrected chi connectivity index (χ3v) is 3.25. The largest absolute Gasteiger partial charge is 0.493 e. The van der Waals surface area contributed by atoms with E-state index >= 15 is 0 Å². The van der Waals surface area contributed by atoms with Crippen LogP contribution in [0.1, 0.15) is 24.6 Å². The van der Waals surface area contributed by atoms with Gasteiger partial charge in [0.25, 0.3) is 0 Å². The molecule has 108 valence electrons. The lowest BCUT2D eigenvalue weighted by atomic mass is 10.2. The van der Waals surface area contributed by atoms with Gasteiger partial charge in [-0.3, -0.25) is 4.68 Å². The predicted molar refractivity (Wildman–Crippen MR) is 80.8 cm³/mol. The Morgan fingerprint density at radius 2 is 2.10 bits per heavy atom. The van der Waals surface area contributed by atoms with E-state index in [1.807, 2.05) is 36.1 Å². The maximum absolute atomic E-state index is 5.92. The van der Waals surface area contributed by atoms with Crippen LogP contribution in [0.15, 0.2) is 36.5 Å². The highest BCUT2D eigenvalue weighted by Gasteiger charge is 2.04. The Labute approximate surface area is 120 Å². The van der Waals surface area contributed by atoms with Crippen LogP contribution >= 0.6 is 0 Å². The summed E-state index contributed by atoms with van der Waals surface area (Å²) in [5.74, 6) is 0.971. The first-order chi connectivity index (χ1) is 9.81. The summed E-state index contributed by atoms with van der Waals surface area (Å²) in [6.07, 6.45) is 3.83. The van der Waals surface area contributed by atoms with Crippen LogP contribution in [0, 0.1) is 0 Å². The molecule has 0 amide bonds. The number of hydrogen-bond acceptors (Lipinski definition) is 3. The van der Waals surface area contributed by atoms with Crippen LogP contribution in [0.4, 0.5) is 0 Å². The smallest absolute Gasteiger partial charge is 0.123 e. The molecule has 1 N–H and O–H groups in total. The van der Waals surface area contributed by atoms with E-state index in [-0.39, 0.29) is 0 Å². The fraction of sp³-hybridized carbons (Fsp3) is 0.438. The van der Waals surface area contributed by atoms with E-state index in [2.05, 4.69) is 29.5 Å². The van der Waals surface area contributed by atoms with Crippen molar-refractivity contribution in [2.75, 3.05) is 13.2 Å². The molecule has 0 unspecified atom stereocenters. The molecule has 2 aromatic rings. The molecule has 0 aliphatic rings. The summed E-state index contributed by atoms with van der Waals surface area (Å²) in [5.41, 5.74) is 2.40. The first kappa shape index (κ1) is 14.6. The molecule has 20 heavy (non-hydrogen) atoms. The molecule has 0 aliphatic heterocycles. The van der Waals surface area contributed by atoms with E-state index in [9.17, 15) is 0 Å². The molecule has 0 fully saturated rings. The number of nitrogens with zero attached hydrogens (tertiary/aromatic N) is 2. The monoisotopic (exact) mass is 273 g/mol. The van der Waals surface area contributed by atoms with E-state index in [1.54, 1.807) is 0 Å². The first-order valence-electron chi connectivity index (χ1n) is 7.19. The molecule has 0 atom stereocenters. The van der Waals surface area contributed by atoms with Crippen LogP contribution in [0.5, 0.6) is 5.75 Å². The average molecular weight is 273 g/mol. The number of hydrogen-bond donors (Lipinski definition) is 1. The molecule has 0 aliphatic carbocycles. The fourth-order valence-electron chi connectivity index (χ4n) is 2.10. The van der Waals surface area contributed by atoms with Crippen LogP contribution < -0.4 is 10.1 Å². The third-order valence-electron chi connectivity index (χ3n) is 3.25. The van der Waals surface area contributed by atoms with Crippen molar-refractivity contribution in [3.63, 3.8) is 0 Å². The van der Waals surface area contributed by atoms with Gasteiger partial charge in [-0.2, -0.15) is 5.10 Å². The van der Waals surface area contributed by atoms with Gasteiger partial charge < -0.3 is 10.1 Å². The second-order valence-electron chi connectivity index (χ2n) is 4.83. The molecule has 1 aromatic heterocycles. The van der Waals surface area contributed by atoms with E-state index in [0.717, 1.165) is 31.7 Å². The minimum Gasteiger partial charge on any atom is -0.493 e. The van der Waals surface area contributed by atoms with Crippen LogP contribution in [-0.4, -0.2) is 22.9 Å². The highest BCUT2D eigenvalue weighted by molar-refractivity contribution is 5.33. The van der Waals surface area contributed by atoms with Gasteiger partial charge in [0.05, 0.1) is 6.61 Å². The number of aromatic nitrogens is 2. The van der Waals surface area contributed by atoms with Gasteiger partial charge in [-0.25, -0.2) is 0 Å². The number of benzene rings is 1. The summed E-state index contributed by atoms with van der Waals surface area (Å²) in [6, 6.07) is 10.2. The van der Waals surface area contributed by atoms with Gasteiger partial charge in [0.2, 0.25) is 0 Å². The Kier molecular flexibility index (Phi) is 5.62. The molecule has 1 aromatic carbocycles. The Bertz CT molecular complexity index is 522. The lowest BCUT2D eigenvalue weighted by molar-refractivity contribution is 0.314. The summed E-state index contributed by atoms with van der Waals surface area (Å²) < 4.78 is 7.80. The maximum atomic E-state index is 5.92. The highest BCUT2D eigenvalue weighted by Crippen LogP contribution is 2.18. The highest BCUT2D eigenvalue weighted by atomic mass is 16.5. The zero-order valence-corrected chi connectivity index (χ0v) is 12.3. The van der Waals surface area contributed by atoms with Gasteiger partial charge in [0.1, 0.15) is 5.75 Å². The third kappa shape index (κ3) is 4.10. The van der Waals surface area contributed by atoms with Crippen LogP contribution in [0.25, 0.3) is 0 Å². The molecular weight excluding hydrogens is 250 g/mol. The Morgan fingerprint density at radius 1 is 1.25 bits per heavy atom. The van der Waals surface area contributed by atoms with Crippen molar-refractivity contribution < 1.29 is 4.74 Å². The van der Waals surface area contributed by atoms with Gasteiger partial charge >= 0.3 is 0 Å². The standard InChI is InChI=1S/C16H23N3O/c1-3-10-17-13-14-6-4-5-7-16(14)20-12-9-15-8-11-18-19(15)2/h4-8,11,17H,3,9-10,12-13H2,1-2H3. The van der Waals surface area contributed by atoms with Gasteiger partial charge in [-0.15, -0.1) is 0 Å². The normalized spacial score (nSPS) is 10.7. The van der Waals surface area contributed by atoms with E-state index in [4.69, 9.17) is 4.74 Å². The summed E-state index contributed by atoms with van der Waals surface area (Å²) in [5, 5.41) is 7.57. The zero-order valence-electron chi connectivity index (χ0n) is 12.3. The molecule has 0 bridgehead atoms. The van der Waals surface area contributed by atoms with Crippen molar-refractivity contribution in [1.82, 2.24) is 15.1 Å². The summed E-state index contributed by atoms with van der Waals surface area (Å²) in [6.45, 7) is 4.73. The average Bonchev–Trinajstić information content (AvgIpc) is 2.86. The SMILES string of the molecule is CCCNCc1ccccc1OCCc1ccnn1C. The van der Waals surface area contributed by atoms with E-state index in [0.29, 0.717) is 6.61 Å². The van der Waals surface area contributed by atoms with Crippen molar-refractivity contribution in [3.05, 3.63) is 47.8 Å². The maximum Gasteiger partial charge on any atom is 0.123 e. The van der Waals surface area contributed by atoms with Crippen LogP contribution in [0.3, 0.4) is 0 Å². The number of nitrogens with one attached hydrogen (secondary N) is 1. The summed E-state index contributed by atoms with van der Waals surface area (Å²) >= 11 is 0. The second kappa shape index (κ2) is 7.70. The molecule has 4 nitrogen and oxygen atoms in total. The minimum absolute atomic E-state index is 0.671. The lowest BCUT2D eigenvalue weighted by Crippen LogP contribution is -2.15. The first-order valence-corrected chi connectivity index (χ1v) is 7.19. The minimum atomic E-state index is 0.671. The van der Waals surface area contributed by atoms with Crippen molar-refractivity contribution in [2.45, 2.75) is 26.3 Å². The molecule has 1 heterocycles. The summed E-state index contributed by atoms with van der Waals surface area (Å²) in [4.78, 5) is 0. The van der Waals surface area contributed by atoms with Gasteiger partial charge in [-0.1, -0.05) is 25.1 Å². The van der Waals surface area contributed by atoms with E-state index in [1.165, 1.54) is 11.3 Å². The fourth-order valence-corrected chi connectivity index (χ4v) is 2.10. The predicted octanol–water partition coefficient (Wildman–Crippen LogP) is 2.54. The second-order valence-corrected chi connectivity index (χ2v) is 4.83. The Hall–Kier alpha value is -1.81. The molecule has 0 radical (unpaired) electrons. The van der Waals surface area contributed by atoms with E-state index < -0.39 is 0 Å². The quantitative estimate of drug-likeness (QED) is 0.751. The number of rotatable bonds is 8. The molecule has 4 heteroatoms. The van der Waals surface area contributed by atoms with Gasteiger partial charge in [-0.05, 0) is 25.1 Å². The topological polar surface area (TPSA) is 39.1 Å². The van der Waals surface area contributed by atoms with Crippen LogP contribution in [-0.2, 0) is 20.0 Å². The van der Waals surface area contributed by atoms with Crippen molar-refractivity contribution in [2.24, 2.45) is 7.05 Å². The van der Waals surface area contributed by atoms with Crippen molar-refractivity contribution >= 4 is 0 Å². The number of aryl methyl sites for hydroxylation is 1. The lowest BCUT2D eigenvalue weighted by Gasteiger charge is -2.12. The molecule has 0 spiro atoms. The Morgan fingerprint density at radius 3 is 2.85 bits per heavy atom. The van der Waals surface area contributed by atoms with Gasteiger partial charge in [0.15, 0.2) is 0 Å². The molecule has 2 rings (SSSR count). The Balaban J connectivity index is 1.87. The summed E-state index contributed by atoms with van der Waals surface area (Å²) in [7, 11) is 1.96. The van der Waals surface area contributed by atoms with Crippen LogP contribution in [0.2, 0.25) is 0 Å². The molecular formula is C16H23N3O. The van der Waals surface area contributed by atoms with Crippen molar-refractivity contribution in [3.8, 4) is 5.75 Å². The molecule has 0 saturated carbocycles. The van der Waals surface area contributed by atoms with Crippen molar-refractivity contribution in [1.29, 1.82) is 0 Å². The zero-order chi connectivity index (χ0) is 14.2.